The summed E-state index contributed by atoms with van der Waals surface area (Å²) in [4.78, 5) is 29.2. The minimum absolute atomic E-state index is 0.188. The Kier molecular flexibility index (Phi) is 2.91. The van der Waals surface area contributed by atoms with Crippen molar-refractivity contribution in [2.24, 2.45) is 5.92 Å². The van der Waals surface area contributed by atoms with Crippen LogP contribution in [0, 0.1) is 5.92 Å². The van der Waals surface area contributed by atoms with Gasteiger partial charge >= 0.3 is 6.03 Å². The van der Waals surface area contributed by atoms with Crippen LogP contribution in [0.1, 0.15) is 25.8 Å². The van der Waals surface area contributed by atoms with Crippen molar-refractivity contribution in [1.29, 1.82) is 0 Å². The summed E-state index contributed by atoms with van der Waals surface area (Å²) in [7, 11) is 0. The molecule has 2 heterocycles. The van der Waals surface area contributed by atoms with E-state index >= 15 is 0 Å². The number of imide groups is 1. The molecule has 5 nitrogen and oxygen atoms in total. The van der Waals surface area contributed by atoms with E-state index in [2.05, 4.69) is 10.3 Å². The van der Waals surface area contributed by atoms with E-state index < -0.39 is 5.54 Å². The first-order valence-corrected chi connectivity index (χ1v) is 6.33. The van der Waals surface area contributed by atoms with Gasteiger partial charge in [0.2, 0.25) is 5.91 Å². The number of nitrogens with one attached hydrogen (secondary N) is 1. The second kappa shape index (κ2) is 4.10. The maximum Gasteiger partial charge on any atom is 0.324 e. The van der Waals surface area contributed by atoms with Crippen LogP contribution in [0.3, 0.4) is 0 Å². The lowest BCUT2D eigenvalue weighted by molar-refractivity contribution is -0.126. The highest BCUT2D eigenvalue weighted by molar-refractivity contribution is 7.09. The predicted octanol–water partition coefficient (Wildman–Crippen LogP) is 1.57. The molecule has 6 heteroatoms. The monoisotopic (exact) mass is 253 g/mol. The maximum atomic E-state index is 11.9. The highest BCUT2D eigenvalue weighted by Crippen LogP contribution is 2.31. The van der Waals surface area contributed by atoms with Gasteiger partial charge in [-0.05, 0) is 13.8 Å². The van der Waals surface area contributed by atoms with Gasteiger partial charge in [-0.3, -0.25) is 10.1 Å². The highest BCUT2D eigenvalue weighted by Gasteiger charge is 2.40. The molecule has 0 saturated carbocycles. The molecule has 0 bridgehead atoms. The van der Waals surface area contributed by atoms with Crippen LogP contribution in [-0.2, 0) is 10.3 Å². The Morgan fingerprint density at radius 3 is 2.82 bits per heavy atom. The summed E-state index contributed by atoms with van der Waals surface area (Å²) >= 11 is 1.51. The Morgan fingerprint density at radius 2 is 2.24 bits per heavy atom. The van der Waals surface area contributed by atoms with Crippen LogP contribution in [0.5, 0.6) is 0 Å². The topological polar surface area (TPSA) is 62.3 Å². The van der Waals surface area contributed by atoms with Crippen molar-refractivity contribution in [3.63, 3.8) is 0 Å². The van der Waals surface area contributed by atoms with E-state index in [1.54, 1.807) is 11.1 Å². The molecule has 3 amide bonds. The highest BCUT2D eigenvalue weighted by atomic mass is 32.1. The van der Waals surface area contributed by atoms with Crippen LogP contribution >= 0.6 is 11.3 Å². The van der Waals surface area contributed by atoms with Crippen molar-refractivity contribution in [3.8, 4) is 0 Å². The number of nitrogens with zero attached hydrogens (tertiary/aromatic N) is 2. The number of thiazole rings is 1. The summed E-state index contributed by atoms with van der Waals surface area (Å²) in [5.41, 5.74) is -0.493. The molecule has 0 aromatic carbocycles. The number of aromatic nitrogens is 1. The van der Waals surface area contributed by atoms with E-state index in [0.29, 0.717) is 6.54 Å². The van der Waals surface area contributed by atoms with Crippen LogP contribution in [0.25, 0.3) is 0 Å². The average Bonchev–Trinajstić information content (AvgIpc) is 2.77. The molecule has 1 aliphatic heterocycles. The summed E-state index contributed by atoms with van der Waals surface area (Å²) < 4.78 is 0. The maximum absolute atomic E-state index is 11.9. The molecule has 1 aliphatic rings. The molecule has 2 rings (SSSR count). The molecule has 0 radical (unpaired) electrons. The third kappa shape index (κ3) is 2.04. The fourth-order valence-corrected chi connectivity index (χ4v) is 2.63. The lowest BCUT2D eigenvalue weighted by Crippen LogP contribution is -2.59. The van der Waals surface area contributed by atoms with Crippen LogP contribution in [0.2, 0.25) is 0 Å². The van der Waals surface area contributed by atoms with E-state index in [1.807, 2.05) is 26.2 Å². The van der Waals surface area contributed by atoms with E-state index in [9.17, 15) is 9.59 Å². The number of carbonyl (C=O) groups is 2. The number of amides is 3. The number of rotatable bonds is 2. The number of hydrogen-bond donors (Lipinski definition) is 1. The molecule has 1 atom stereocenters. The van der Waals surface area contributed by atoms with Crippen LogP contribution in [0.4, 0.5) is 4.79 Å². The molecule has 17 heavy (non-hydrogen) atoms. The normalized spacial score (nSPS) is 21.6. The first-order valence-electron chi connectivity index (χ1n) is 5.45. The van der Waals surface area contributed by atoms with Gasteiger partial charge in [0.1, 0.15) is 5.01 Å². The van der Waals surface area contributed by atoms with Gasteiger partial charge < -0.3 is 4.90 Å². The molecule has 1 N–H and O–H groups in total. The zero-order valence-corrected chi connectivity index (χ0v) is 10.9. The molecule has 1 fully saturated rings. The largest absolute Gasteiger partial charge is 0.324 e. The Balaban J connectivity index is 2.27. The van der Waals surface area contributed by atoms with E-state index in [4.69, 9.17) is 0 Å². The predicted molar refractivity (Wildman–Crippen MR) is 64.5 cm³/mol. The number of carbonyl (C=O) groups excluding carboxylic acids is 2. The van der Waals surface area contributed by atoms with Crippen molar-refractivity contribution < 1.29 is 9.59 Å². The van der Waals surface area contributed by atoms with Gasteiger partial charge in [-0.15, -0.1) is 11.3 Å². The third-order valence-corrected chi connectivity index (χ3v) is 4.10. The Hall–Kier alpha value is -1.43. The number of urea groups is 1. The van der Waals surface area contributed by atoms with Gasteiger partial charge in [0, 0.05) is 18.1 Å². The third-order valence-electron chi connectivity index (χ3n) is 3.01. The first-order chi connectivity index (χ1) is 7.93. The molecule has 1 saturated heterocycles. The standard InChI is InChI=1S/C11H15N3O2S/c1-7-6-14(10(16)13-8(7)15)11(2,3)9-12-4-5-17-9/h4-5,7H,6H2,1-3H3,(H,13,15,16). The van der Waals surface area contributed by atoms with Crippen molar-refractivity contribution >= 4 is 23.3 Å². The summed E-state index contributed by atoms with van der Waals surface area (Å²) in [6.07, 6.45) is 1.72. The number of hydrogen-bond acceptors (Lipinski definition) is 4. The molecule has 1 aromatic rings. The minimum Gasteiger partial charge on any atom is -0.312 e. The van der Waals surface area contributed by atoms with Crippen molar-refractivity contribution in [2.45, 2.75) is 26.3 Å². The molecular weight excluding hydrogens is 238 g/mol. The van der Waals surface area contributed by atoms with Gasteiger partial charge in [-0.25, -0.2) is 9.78 Å². The smallest absolute Gasteiger partial charge is 0.312 e. The van der Waals surface area contributed by atoms with Crippen molar-refractivity contribution in [1.82, 2.24) is 15.2 Å². The Morgan fingerprint density at radius 1 is 1.53 bits per heavy atom. The summed E-state index contributed by atoms with van der Waals surface area (Å²) in [5, 5.41) is 5.12. The second-order valence-corrected chi connectivity index (χ2v) is 5.60. The van der Waals surface area contributed by atoms with Gasteiger partial charge in [0.15, 0.2) is 0 Å². The van der Waals surface area contributed by atoms with E-state index in [1.165, 1.54) is 11.3 Å². The second-order valence-electron chi connectivity index (χ2n) is 4.70. The molecule has 0 aliphatic carbocycles. The van der Waals surface area contributed by atoms with Gasteiger partial charge in [0.05, 0.1) is 11.5 Å². The van der Waals surface area contributed by atoms with E-state index in [-0.39, 0.29) is 17.9 Å². The SMILES string of the molecule is CC1CN(C(C)(C)c2nccs2)C(=O)NC1=O. The van der Waals surface area contributed by atoms with Gasteiger partial charge in [0.25, 0.3) is 0 Å². The fraction of sp³-hybridized carbons (Fsp3) is 0.545. The zero-order chi connectivity index (χ0) is 12.6. The Labute approximate surface area is 104 Å². The van der Waals surface area contributed by atoms with E-state index in [0.717, 1.165) is 5.01 Å². The fourth-order valence-electron chi connectivity index (χ4n) is 1.86. The molecule has 0 spiro atoms. The van der Waals surface area contributed by atoms with Gasteiger partial charge in [-0.1, -0.05) is 6.92 Å². The zero-order valence-electron chi connectivity index (χ0n) is 10.1. The molecule has 92 valence electrons. The first kappa shape index (κ1) is 12.0. The lowest BCUT2D eigenvalue weighted by Gasteiger charge is -2.40. The van der Waals surface area contributed by atoms with Crippen molar-refractivity contribution in [3.05, 3.63) is 16.6 Å². The molecule has 1 unspecified atom stereocenters. The van der Waals surface area contributed by atoms with Crippen LogP contribution in [-0.4, -0.2) is 28.4 Å². The Bertz CT molecular complexity index is 442. The van der Waals surface area contributed by atoms with Crippen LogP contribution < -0.4 is 5.32 Å². The molecule has 1 aromatic heterocycles. The quantitative estimate of drug-likeness (QED) is 0.870. The van der Waals surface area contributed by atoms with Gasteiger partial charge in [-0.2, -0.15) is 0 Å². The van der Waals surface area contributed by atoms with Crippen molar-refractivity contribution in [2.75, 3.05) is 6.54 Å². The lowest BCUT2D eigenvalue weighted by atomic mass is 9.99. The minimum atomic E-state index is -0.493. The summed E-state index contributed by atoms with van der Waals surface area (Å²) in [5.74, 6) is -0.395. The average molecular weight is 253 g/mol. The summed E-state index contributed by atoms with van der Waals surface area (Å²) in [6, 6.07) is -0.340. The summed E-state index contributed by atoms with van der Waals surface area (Å²) in [6.45, 7) is 6.12. The molecular formula is C11H15N3O2S. The van der Waals surface area contributed by atoms with Crippen LogP contribution in [0.15, 0.2) is 11.6 Å².